The molecule has 0 saturated heterocycles. The second-order valence-electron chi connectivity index (χ2n) is 4.61. The van der Waals surface area contributed by atoms with Crippen molar-refractivity contribution in [3.63, 3.8) is 0 Å². The highest BCUT2D eigenvalue weighted by Crippen LogP contribution is 2.10. The first kappa shape index (κ1) is 14.7. The molecule has 3 N–H and O–H groups in total. The number of benzene rings is 1. The summed E-state index contributed by atoms with van der Waals surface area (Å²) >= 11 is 0. The average molecular weight is 291 g/mol. The molecule has 2 aromatic rings. The van der Waals surface area contributed by atoms with Crippen LogP contribution in [0.1, 0.15) is 21.6 Å². The lowest BCUT2D eigenvalue weighted by atomic mass is 10.1. The molecule has 1 aromatic heterocycles. The standard InChI is InChI=1S/C14H14FN3O3/c1-8-4-9(2-3-11(8)15)13(19)18-12(14(20)21)5-10-6-16-7-17-10/h2-4,6-7,12H,5H2,1H3,(H,16,17)(H,18,19)(H,20,21). The number of rotatable bonds is 5. The van der Waals surface area contributed by atoms with Gasteiger partial charge in [0.2, 0.25) is 0 Å². The third-order valence-corrected chi connectivity index (χ3v) is 3.00. The number of aromatic amines is 1. The Kier molecular flexibility index (Phi) is 4.32. The molecule has 0 fully saturated rings. The molecule has 0 aliphatic heterocycles. The van der Waals surface area contributed by atoms with Gasteiger partial charge in [0.15, 0.2) is 0 Å². The number of carboxylic acids is 1. The van der Waals surface area contributed by atoms with Crippen LogP contribution in [0, 0.1) is 12.7 Å². The van der Waals surface area contributed by atoms with Crippen molar-refractivity contribution in [2.45, 2.75) is 19.4 Å². The van der Waals surface area contributed by atoms with Gasteiger partial charge in [-0.2, -0.15) is 0 Å². The molecule has 110 valence electrons. The summed E-state index contributed by atoms with van der Waals surface area (Å²) in [4.78, 5) is 29.8. The molecule has 0 aliphatic rings. The van der Waals surface area contributed by atoms with E-state index in [9.17, 15) is 14.0 Å². The molecule has 0 aliphatic carbocycles. The van der Waals surface area contributed by atoms with Crippen molar-refractivity contribution < 1.29 is 19.1 Å². The number of hydrogen-bond donors (Lipinski definition) is 3. The number of aryl methyl sites for hydroxylation is 1. The predicted molar refractivity (Wildman–Crippen MR) is 72.3 cm³/mol. The largest absolute Gasteiger partial charge is 0.480 e. The van der Waals surface area contributed by atoms with Crippen LogP contribution >= 0.6 is 0 Å². The number of amides is 1. The maximum absolute atomic E-state index is 13.2. The summed E-state index contributed by atoms with van der Waals surface area (Å²) in [5, 5.41) is 11.6. The number of imidazole rings is 1. The van der Waals surface area contributed by atoms with Gasteiger partial charge in [0.25, 0.3) is 5.91 Å². The van der Waals surface area contributed by atoms with Gasteiger partial charge >= 0.3 is 5.97 Å². The van der Waals surface area contributed by atoms with E-state index in [1.807, 2.05) is 0 Å². The van der Waals surface area contributed by atoms with E-state index in [1.165, 1.54) is 37.6 Å². The molecule has 7 heteroatoms. The molecule has 1 atom stereocenters. The first-order chi connectivity index (χ1) is 9.97. The number of nitrogens with one attached hydrogen (secondary N) is 2. The molecule has 0 bridgehead atoms. The molecule has 6 nitrogen and oxygen atoms in total. The Morgan fingerprint density at radius 2 is 2.24 bits per heavy atom. The van der Waals surface area contributed by atoms with Crippen LogP contribution in [-0.2, 0) is 11.2 Å². The van der Waals surface area contributed by atoms with Crippen LogP contribution in [0.4, 0.5) is 4.39 Å². The van der Waals surface area contributed by atoms with Crippen molar-refractivity contribution in [3.8, 4) is 0 Å². The van der Waals surface area contributed by atoms with Crippen LogP contribution in [0.3, 0.4) is 0 Å². The highest BCUT2D eigenvalue weighted by atomic mass is 19.1. The van der Waals surface area contributed by atoms with Gasteiger partial charge < -0.3 is 15.4 Å². The second-order valence-corrected chi connectivity index (χ2v) is 4.61. The molecule has 1 aromatic carbocycles. The van der Waals surface area contributed by atoms with Gasteiger partial charge in [0.05, 0.1) is 6.33 Å². The lowest BCUT2D eigenvalue weighted by Gasteiger charge is -2.14. The minimum atomic E-state index is -1.16. The number of hydrogen-bond acceptors (Lipinski definition) is 3. The lowest BCUT2D eigenvalue weighted by molar-refractivity contribution is -0.139. The van der Waals surface area contributed by atoms with Gasteiger partial charge in [0.1, 0.15) is 11.9 Å². The summed E-state index contributed by atoms with van der Waals surface area (Å²) in [7, 11) is 0. The molecular formula is C14H14FN3O3. The van der Waals surface area contributed by atoms with Gasteiger partial charge in [-0.3, -0.25) is 4.79 Å². The predicted octanol–water partition coefficient (Wildman–Crippen LogP) is 1.28. The SMILES string of the molecule is Cc1cc(C(=O)NC(Cc2cnc[nH]2)C(=O)O)ccc1F. The van der Waals surface area contributed by atoms with Crippen molar-refractivity contribution in [2.75, 3.05) is 0 Å². The number of aromatic nitrogens is 2. The highest BCUT2D eigenvalue weighted by molar-refractivity contribution is 5.96. The van der Waals surface area contributed by atoms with E-state index in [1.54, 1.807) is 0 Å². The summed E-state index contributed by atoms with van der Waals surface area (Å²) in [6.07, 6.45) is 3.00. The van der Waals surface area contributed by atoms with E-state index in [-0.39, 0.29) is 12.0 Å². The van der Waals surface area contributed by atoms with Crippen molar-refractivity contribution in [1.82, 2.24) is 15.3 Å². The van der Waals surface area contributed by atoms with Gasteiger partial charge in [-0.1, -0.05) is 0 Å². The minimum absolute atomic E-state index is 0.0846. The number of H-pyrrole nitrogens is 1. The normalized spacial score (nSPS) is 11.9. The van der Waals surface area contributed by atoms with Gasteiger partial charge in [-0.05, 0) is 30.7 Å². The van der Waals surface area contributed by atoms with E-state index in [2.05, 4.69) is 15.3 Å². The number of aliphatic carboxylic acids is 1. The summed E-state index contributed by atoms with van der Waals surface area (Å²) in [5.41, 5.74) is 1.13. The number of nitrogens with zero attached hydrogens (tertiary/aromatic N) is 1. The fraction of sp³-hybridized carbons (Fsp3) is 0.214. The minimum Gasteiger partial charge on any atom is -0.480 e. The van der Waals surface area contributed by atoms with E-state index >= 15 is 0 Å². The maximum Gasteiger partial charge on any atom is 0.326 e. The van der Waals surface area contributed by atoms with Crippen LogP contribution in [0.25, 0.3) is 0 Å². The number of halogens is 1. The first-order valence-corrected chi connectivity index (χ1v) is 6.24. The fourth-order valence-electron chi connectivity index (χ4n) is 1.84. The molecule has 2 rings (SSSR count). The maximum atomic E-state index is 13.2. The zero-order chi connectivity index (χ0) is 15.4. The van der Waals surface area contributed by atoms with Crippen LogP contribution in [0.5, 0.6) is 0 Å². The number of carbonyl (C=O) groups excluding carboxylic acids is 1. The third kappa shape index (κ3) is 3.65. The fourth-order valence-corrected chi connectivity index (χ4v) is 1.84. The lowest BCUT2D eigenvalue weighted by Crippen LogP contribution is -2.42. The molecule has 21 heavy (non-hydrogen) atoms. The summed E-state index contributed by atoms with van der Waals surface area (Å²) in [6.45, 7) is 1.53. The highest BCUT2D eigenvalue weighted by Gasteiger charge is 2.22. The molecule has 0 saturated carbocycles. The van der Waals surface area contributed by atoms with Gasteiger partial charge in [-0.25, -0.2) is 14.2 Å². The Bertz CT molecular complexity index is 655. The third-order valence-electron chi connectivity index (χ3n) is 3.00. The van der Waals surface area contributed by atoms with Crippen molar-refractivity contribution in [1.29, 1.82) is 0 Å². The van der Waals surface area contributed by atoms with E-state index < -0.39 is 23.7 Å². The van der Waals surface area contributed by atoms with Crippen LogP contribution in [-0.4, -0.2) is 33.0 Å². The Morgan fingerprint density at radius 3 is 2.81 bits per heavy atom. The van der Waals surface area contributed by atoms with Gasteiger partial charge in [0, 0.05) is 23.9 Å². The Morgan fingerprint density at radius 1 is 1.48 bits per heavy atom. The van der Waals surface area contributed by atoms with Crippen molar-refractivity contribution in [2.24, 2.45) is 0 Å². The van der Waals surface area contributed by atoms with Crippen molar-refractivity contribution >= 4 is 11.9 Å². The molecule has 0 spiro atoms. The first-order valence-electron chi connectivity index (χ1n) is 6.24. The zero-order valence-corrected chi connectivity index (χ0v) is 11.3. The molecule has 1 amide bonds. The second kappa shape index (κ2) is 6.17. The average Bonchev–Trinajstić information content (AvgIpc) is 2.93. The zero-order valence-electron chi connectivity index (χ0n) is 11.3. The molecule has 1 unspecified atom stereocenters. The number of carboxylic acid groups (broad SMARTS) is 1. The van der Waals surface area contributed by atoms with Crippen LogP contribution < -0.4 is 5.32 Å². The molecule has 1 heterocycles. The topological polar surface area (TPSA) is 95.1 Å². The summed E-state index contributed by atoms with van der Waals surface area (Å²) < 4.78 is 13.2. The van der Waals surface area contributed by atoms with E-state index in [0.717, 1.165) is 0 Å². The van der Waals surface area contributed by atoms with Gasteiger partial charge in [-0.15, -0.1) is 0 Å². The van der Waals surface area contributed by atoms with Crippen molar-refractivity contribution in [3.05, 3.63) is 53.4 Å². The van der Waals surface area contributed by atoms with Crippen LogP contribution in [0.2, 0.25) is 0 Å². The summed E-state index contributed by atoms with van der Waals surface area (Å²) in [6, 6.07) is 2.77. The Hall–Kier alpha value is -2.70. The van der Waals surface area contributed by atoms with Crippen LogP contribution in [0.15, 0.2) is 30.7 Å². The quantitative estimate of drug-likeness (QED) is 0.773. The van der Waals surface area contributed by atoms with E-state index in [0.29, 0.717) is 11.3 Å². The monoisotopic (exact) mass is 291 g/mol. The Balaban J connectivity index is 2.10. The Labute approximate surface area is 120 Å². The molecule has 0 radical (unpaired) electrons. The molecular weight excluding hydrogens is 277 g/mol. The number of carbonyl (C=O) groups is 2. The van der Waals surface area contributed by atoms with E-state index in [4.69, 9.17) is 5.11 Å². The smallest absolute Gasteiger partial charge is 0.326 e. The summed E-state index contributed by atoms with van der Waals surface area (Å²) in [5.74, 6) is -2.14.